The fourth-order valence-electron chi connectivity index (χ4n) is 2.95. The van der Waals surface area contributed by atoms with Gasteiger partial charge in [0, 0.05) is 24.5 Å². The number of alkyl halides is 1. The van der Waals surface area contributed by atoms with Crippen molar-refractivity contribution in [1.29, 1.82) is 0 Å². The number of halogens is 1. The lowest BCUT2D eigenvalue weighted by Gasteiger charge is -2.24. The molecule has 2 rings (SSSR count). The molecule has 0 aromatic carbocycles. The van der Waals surface area contributed by atoms with Crippen molar-refractivity contribution in [2.45, 2.75) is 64.3 Å². The zero-order valence-electron chi connectivity index (χ0n) is 12.3. The number of rotatable bonds is 5. The molecular weight excluding hydrogens is 260 g/mol. The maximum absolute atomic E-state index is 6.53. The summed E-state index contributed by atoms with van der Waals surface area (Å²) in [5.41, 5.74) is 3.82. The summed E-state index contributed by atoms with van der Waals surface area (Å²) in [6, 6.07) is 0.489. The molecule has 108 valence electrons. The fourth-order valence-corrected chi connectivity index (χ4v) is 3.20. The molecule has 19 heavy (non-hydrogen) atoms. The van der Waals surface area contributed by atoms with E-state index >= 15 is 0 Å². The van der Waals surface area contributed by atoms with Crippen LogP contribution in [0.2, 0.25) is 0 Å². The first-order valence-corrected chi connectivity index (χ1v) is 7.98. The van der Waals surface area contributed by atoms with Crippen LogP contribution < -0.4 is 0 Å². The Balaban J connectivity index is 2.39. The highest BCUT2D eigenvalue weighted by Crippen LogP contribution is 2.34. The van der Waals surface area contributed by atoms with E-state index in [4.69, 9.17) is 21.4 Å². The van der Waals surface area contributed by atoms with Crippen LogP contribution in [0.3, 0.4) is 0 Å². The smallest absolute Gasteiger partial charge is 0.0671 e. The van der Waals surface area contributed by atoms with Crippen molar-refractivity contribution in [2.24, 2.45) is 0 Å². The molecule has 1 fully saturated rings. The number of hydrogen-bond donors (Lipinski definition) is 0. The van der Waals surface area contributed by atoms with Gasteiger partial charge in [0.05, 0.1) is 17.1 Å². The molecule has 2 heterocycles. The highest BCUT2D eigenvalue weighted by atomic mass is 35.5. The van der Waals surface area contributed by atoms with E-state index in [-0.39, 0.29) is 5.38 Å². The van der Waals surface area contributed by atoms with Crippen LogP contribution in [0.5, 0.6) is 0 Å². The van der Waals surface area contributed by atoms with E-state index < -0.39 is 0 Å². The lowest BCUT2D eigenvalue weighted by molar-refractivity contribution is 0.0653. The number of ether oxygens (including phenoxy) is 1. The Labute approximate surface area is 121 Å². The van der Waals surface area contributed by atoms with Crippen LogP contribution in [0.15, 0.2) is 0 Å². The molecule has 0 bridgehead atoms. The summed E-state index contributed by atoms with van der Waals surface area (Å²) < 4.78 is 7.71. The van der Waals surface area contributed by atoms with Crippen molar-refractivity contribution in [2.75, 3.05) is 13.2 Å². The quantitative estimate of drug-likeness (QED) is 0.763. The second-order valence-corrected chi connectivity index (χ2v) is 5.70. The number of nitrogens with zero attached hydrogens (tertiary/aromatic N) is 2. The highest BCUT2D eigenvalue weighted by molar-refractivity contribution is 6.21. The first kappa shape index (κ1) is 14.9. The molecule has 0 saturated carbocycles. The van der Waals surface area contributed by atoms with Gasteiger partial charge in [-0.2, -0.15) is 5.10 Å². The van der Waals surface area contributed by atoms with Crippen LogP contribution in [0, 0.1) is 0 Å². The first-order valence-electron chi connectivity index (χ1n) is 7.54. The predicted octanol–water partition coefficient (Wildman–Crippen LogP) is 4.05. The van der Waals surface area contributed by atoms with Gasteiger partial charge in [-0.15, -0.1) is 11.6 Å². The molecule has 3 nitrogen and oxygen atoms in total. The standard InChI is InChI=1S/C15H25ClN2O/c1-4-12(16)15-13(5-2)17-18(14(15)6-3)11-7-9-19-10-8-11/h11-12H,4-10H2,1-3H3. The zero-order valence-corrected chi connectivity index (χ0v) is 13.0. The summed E-state index contributed by atoms with van der Waals surface area (Å²) >= 11 is 6.53. The van der Waals surface area contributed by atoms with Gasteiger partial charge in [-0.1, -0.05) is 20.8 Å². The molecule has 1 aliphatic heterocycles. The van der Waals surface area contributed by atoms with Crippen molar-refractivity contribution in [3.8, 4) is 0 Å². The summed E-state index contributed by atoms with van der Waals surface area (Å²) in [6.07, 6.45) is 5.05. The van der Waals surface area contributed by atoms with E-state index in [1.165, 1.54) is 17.0 Å². The molecule has 0 radical (unpaired) electrons. The SMILES string of the molecule is CCc1nn(C2CCOCC2)c(CC)c1C(Cl)CC. The van der Waals surface area contributed by atoms with E-state index in [0.717, 1.165) is 45.3 Å². The first-order chi connectivity index (χ1) is 9.22. The summed E-state index contributed by atoms with van der Waals surface area (Å²) in [4.78, 5) is 0. The van der Waals surface area contributed by atoms with E-state index in [0.29, 0.717) is 6.04 Å². The third-order valence-electron chi connectivity index (χ3n) is 4.00. The van der Waals surface area contributed by atoms with Gasteiger partial charge in [-0.3, -0.25) is 4.68 Å². The third-order valence-corrected chi connectivity index (χ3v) is 4.53. The molecule has 0 N–H and O–H groups in total. The van der Waals surface area contributed by atoms with Crippen LogP contribution in [0.4, 0.5) is 0 Å². The molecule has 1 unspecified atom stereocenters. The van der Waals surface area contributed by atoms with Gasteiger partial charge >= 0.3 is 0 Å². The predicted molar refractivity (Wildman–Crippen MR) is 79.0 cm³/mol. The van der Waals surface area contributed by atoms with Gasteiger partial charge in [0.25, 0.3) is 0 Å². The molecule has 1 aromatic heterocycles. The van der Waals surface area contributed by atoms with Gasteiger partial charge in [0.2, 0.25) is 0 Å². The van der Waals surface area contributed by atoms with Gasteiger partial charge in [-0.05, 0) is 32.1 Å². The Morgan fingerprint density at radius 3 is 2.47 bits per heavy atom. The van der Waals surface area contributed by atoms with Crippen LogP contribution >= 0.6 is 11.6 Å². The van der Waals surface area contributed by atoms with Crippen molar-refractivity contribution >= 4 is 11.6 Å². The number of hydrogen-bond acceptors (Lipinski definition) is 2. The Morgan fingerprint density at radius 2 is 1.95 bits per heavy atom. The molecule has 0 aliphatic carbocycles. The van der Waals surface area contributed by atoms with E-state index in [1.54, 1.807) is 0 Å². The minimum Gasteiger partial charge on any atom is -0.381 e. The summed E-state index contributed by atoms with van der Waals surface area (Å²) in [5.74, 6) is 0. The minimum absolute atomic E-state index is 0.0958. The van der Waals surface area contributed by atoms with Crippen molar-refractivity contribution in [3.05, 3.63) is 17.0 Å². The lowest BCUT2D eigenvalue weighted by Crippen LogP contribution is -2.22. The normalized spacial score (nSPS) is 18.7. The second kappa shape index (κ2) is 6.76. The third kappa shape index (κ3) is 2.97. The van der Waals surface area contributed by atoms with Crippen LogP contribution in [0.1, 0.15) is 68.4 Å². The lowest BCUT2D eigenvalue weighted by atomic mass is 10.0. The highest BCUT2D eigenvalue weighted by Gasteiger charge is 2.25. The Bertz CT molecular complexity index is 411. The summed E-state index contributed by atoms with van der Waals surface area (Å²) in [7, 11) is 0. The summed E-state index contributed by atoms with van der Waals surface area (Å²) in [6.45, 7) is 8.21. The fraction of sp³-hybridized carbons (Fsp3) is 0.800. The van der Waals surface area contributed by atoms with Gasteiger partial charge < -0.3 is 4.74 Å². The molecule has 0 amide bonds. The molecule has 1 aliphatic rings. The molecule has 0 spiro atoms. The average molecular weight is 285 g/mol. The number of aryl methyl sites for hydroxylation is 1. The summed E-state index contributed by atoms with van der Waals surface area (Å²) in [5, 5.41) is 4.96. The van der Waals surface area contributed by atoms with Gasteiger partial charge in [0.1, 0.15) is 0 Å². The van der Waals surface area contributed by atoms with Crippen molar-refractivity contribution < 1.29 is 4.74 Å². The molecular formula is C15H25ClN2O. The maximum atomic E-state index is 6.53. The Kier molecular flexibility index (Phi) is 5.28. The van der Waals surface area contributed by atoms with Crippen LogP contribution in [-0.4, -0.2) is 23.0 Å². The monoisotopic (exact) mass is 284 g/mol. The Hall–Kier alpha value is -0.540. The minimum atomic E-state index is 0.0958. The van der Waals surface area contributed by atoms with Gasteiger partial charge in [-0.25, -0.2) is 0 Å². The van der Waals surface area contributed by atoms with Crippen molar-refractivity contribution in [3.63, 3.8) is 0 Å². The van der Waals surface area contributed by atoms with Crippen molar-refractivity contribution in [1.82, 2.24) is 9.78 Å². The zero-order chi connectivity index (χ0) is 13.8. The largest absolute Gasteiger partial charge is 0.381 e. The van der Waals surface area contributed by atoms with E-state index in [9.17, 15) is 0 Å². The van der Waals surface area contributed by atoms with Gasteiger partial charge in [0.15, 0.2) is 0 Å². The van der Waals surface area contributed by atoms with Crippen LogP contribution in [-0.2, 0) is 17.6 Å². The average Bonchev–Trinajstić information content (AvgIpc) is 2.85. The topological polar surface area (TPSA) is 27.1 Å². The molecule has 1 atom stereocenters. The molecule has 4 heteroatoms. The van der Waals surface area contributed by atoms with E-state index in [1.807, 2.05) is 0 Å². The van der Waals surface area contributed by atoms with E-state index in [2.05, 4.69) is 25.5 Å². The molecule has 1 aromatic rings. The number of aromatic nitrogens is 2. The molecule has 1 saturated heterocycles. The van der Waals surface area contributed by atoms with Crippen LogP contribution in [0.25, 0.3) is 0 Å². The second-order valence-electron chi connectivity index (χ2n) is 5.18. The maximum Gasteiger partial charge on any atom is 0.0671 e. The Morgan fingerprint density at radius 1 is 1.26 bits per heavy atom.